The molecule has 4 aromatic rings. The van der Waals surface area contributed by atoms with Crippen molar-refractivity contribution >= 4 is 23.5 Å². The van der Waals surface area contributed by atoms with Crippen molar-refractivity contribution in [2.24, 2.45) is 0 Å². The number of fused-ring (bicyclic) bond motifs is 1. The Hall–Kier alpha value is -3.51. The van der Waals surface area contributed by atoms with E-state index >= 15 is 0 Å². The van der Waals surface area contributed by atoms with Crippen molar-refractivity contribution in [3.05, 3.63) is 96.1 Å². The Labute approximate surface area is 191 Å². The van der Waals surface area contributed by atoms with Gasteiger partial charge in [-0.1, -0.05) is 66.7 Å². The lowest BCUT2D eigenvalue weighted by atomic mass is 9.99. The van der Waals surface area contributed by atoms with Gasteiger partial charge < -0.3 is 10.1 Å². The van der Waals surface area contributed by atoms with Crippen LogP contribution in [0.1, 0.15) is 23.3 Å². The number of nitrogens with zero attached hydrogens (tertiary/aromatic N) is 2. The number of thioether (sulfide) groups is 1. The Bertz CT molecular complexity index is 1240. The molecule has 1 atom stereocenters. The molecule has 1 amide bonds. The minimum Gasteiger partial charge on any atom is -0.494 e. The lowest BCUT2D eigenvalue weighted by Gasteiger charge is -2.19. The van der Waals surface area contributed by atoms with Crippen molar-refractivity contribution < 1.29 is 9.53 Å². The molecule has 0 fully saturated rings. The van der Waals surface area contributed by atoms with E-state index in [9.17, 15) is 4.79 Å². The molecule has 5 rings (SSSR count). The highest BCUT2D eigenvalue weighted by Crippen LogP contribution is 2.48. The average Bonchev–Trinajstić information content (AvgIpc) is 3.11. The molecular formula is C26H23N3O2S. The number of aromatic nitrogens is 2. The highest BCUT2D eigenvalue weighted by Gasteiger charge is 2.33. The first-order chi connectivity index (χ1) is 15.8. The third-order valence-corrected chi connectivity index (χ3v) is 6.62. The topological polar surface area (TPSA) is 56.1 Å². The number of hydrogen-bond donors (Lipinski definition) is 1. The number of para-hydroxylation sites is 2. The molecule has 0 saturated heterocycles. The summed E-state index contributed by atoms with van der Waals surface area (Å²) in [4.78, 5) is 12.8. The van der Waals surface area contributed by atoms with E-state index in [1.165, 1.54) is 0 Å². The van der Waals surface area contributed by atoms with Gasteiger partial charge in [-0.2, -0.15) is 5.10 Å². The minimum atomic E-state index is -0.112. The van der Waals surface area contributed by atoms with Crippen LogP contribution < -0.4 is 10.1 Å². The summed E-state index contributed by atoms with van der Waals surface area (Å²) in [6.45, 7) is 2.56. The fourth-order valence-corrected chi connectivity index (χ4v) is 5.16. The van der Waals surface area contributed by atoms with Gasteiger partial charge in [0.25, 0.3) is 0 Å². The second-order valence-corrected chi connectivity index (χ2v) is 8.53. The zero-order valence-corrected chi connectivity index (χ0v) is 18.5. The summed E-state index contributed by atoms with van der Waals surface area (Å²) in [6, 6.07) is 28.1. The quantitative estimate of drug-likeness (QED) is 0.431. The standard InChI is InChI=1S/C26H23N3O2S/c1-2-31-21-16-10-9-15-20(21)25-23-24(18-11-5-3-6-12-18)28-29(19-13-7-4-8-14-19)26(23)27-22(30)17-32-25/h3-16,25H,2,17H2,1H3,(H,27,30)/t25-/m1/s1. The molecule has 0 saturated carbocycles. The van der Waals surface area contributed by atoms with E-state index < -0.39 is 0 Å². The van der Waals surface area contributed by atoms with Gasteiger partial charge in [0, 0.05) is 16.7 Å². The minimum absolute atomic E-state index is 0.0377. The lowest BCUT2D eigenvalue weighted by molar-refractivity contribution is -0.113. The van der Waals surface area contributed by atoms with Gasteiger partial charge in [0.05, 0.1) is 29.0 Å². The molecule has 0 unspecified atom stereocenters. The highest BCUT2D eigenvalue weighted by molar-refractivity contribution is 8.00. The molecule has 0 bridgehead atoms. The van der Waals surface area contributed by atoms with Crippen LogP contribution in [0, 0.1) is 0 Å². The van der Waals surface area contributed by atoms with E-state index in [1.807, 2.05) is 78.3 Å². The number of amides is 1. The van der Waals surface area contributed by atoms with E-state index in [1.54, 1.807) is 11.8 Å². The SMILES string of the molecule is CCOc1ccccc1[C@H]1SCC(=O)Nc2c1c(-c1ccccc1)nn2-c1ccccc1. The maximum absolute atomic E-state index is 12.8. The Morgan fingerprint density at radius 3 is 2.44 bits per heavy atom. The first-order valence-corrected chi connectivity index (χ1v) is 11.7. The number of benzene rings is 3. The number of ether oxygens (including phenoxy) is 1. The normalized spacial score (nSPS) is 15.5. The van der Waals surface area contributed by atoms with Crippen molar-refractivity contribution in [3.8, 4) is 22.7 Å². The van der Waals surface area contributed by atoms with Gasteiger partial charge >= 0.3 is 0 Å². The van der Waals surface area contributed by atoms with Crippen LogP contribution >= 0.6 is 11.8 Å². The molecular weight excluding hydrogens is 418 g/mol. The van der Waals surface area contributed by atoms with Crippen LogP contribution in [0.4, 0.5) is 5.82 Å². The van der Waals surface area contributed by atoms with Gasteiger partial charge in [-0.25, -0.2) is 4.68 Å². The number of rotatable bonds is 5. The Morgan fingerprint density at radius 2 is 1.69 bits per heavy atom. The number of anilines is 1. The molecule has 0 radical (unpaired) electrons. The first kappa shape index (κ1) is 20.4. The van der Waals surface area contributed by atoms with Crippen LogP contribution in [0.15, 0.2) is 84.9 Å². The van der Waals surface area contributed by atoms with Crippen molar-refractivity contribution in [1.29, 1.82) is 0 Å². The molecule has 1 aliphatic rings. The van der Waals surface area contributed by atoms with Gasteiger partial charge in [-0.3, -0.25) is 4.79 Å². The molecule has 5 nitrogen and oxygen atoms in total. The second kappa shape index (κ2) is 8.93. The smallest absolute Gasteiger partial charge is 0.235 e. The van der Waals surface area contributed by atoms with E-state index in [0.717, 1.165) is 33.8 Å². The summed E-state index contributed by atoms with van der Waals surface area (Å²) >= 11 is 1.60. The summed E-state index contributed by atoms with van der Waals surface area (Å²) in [5, 5.41) is 8.03. The summed E-state index contributed by atoms with van der Waals surface area (Å²) in [7, 11) is 0. The summed E-state index contributed by atoms with van der Waals surface area (Å²) < 4.78 is 7.81. The van der Waals surface area contributed by atoms with Crippen LogP contribution in [-0.2, 0) is 4.79 Å². The van der Waals surface area contributed by atoms with Gasteiger partial charge in [-0.15, -0.1) is 11.8 Å². The third kappa shape index (κ3) is 3.78. The Balaban J connectivity index is 1.79. The van der Waals surface area contributed by atoms with Crippen molar-refractivity contribution in [1.82, 2.24) is 9.78 Å². The zero-order valence-electron chi connectivity index (χ0n) is 17.7. The van der Waals surface area contributed by atoms with Crippen molar-refractivity contribution in [2.45, 2.75) is 12.2 Å². The number of nitrogens with one attached hydrogen (secondary N) is 1. The van der Waals surface area contributed by atoms with E-state index in [-0.39, 0.29) is 11.2 Å². The molecule has 3 aromatic carbocycles. The highest BCUT2D eigenvalue weighted by atomic mass is 32.2. The number of hydrogen-bond acceptors (Lipinski definition) is 4. The predicted octanol–water partition coefficient (Wildman–Crippen LogP) is 5.71. The average molecular weight is 442 g/mol. The fraction of sp³-hybridized carbons (Fsp3) is 0.154. The predicted molar refractivity (Wildman–Crippen MR) is 130 cm³/mol. The number of carbonyl (C=O) groups is 1. The molecule has 1 N–H and O–H groups in total. The maximum Gasteiger partial charge on any atom is 0.235 e. The molecule has 2 heterocycles. The summed E-state index contributed by atoms with van der Waals surface area (Å²) in [5.74, 6) is 1.85. The monoisotopic (exact) mass is 441 g/mol. The van der Waals surface area contributed by atoms with Crippen LogP contribution in [-0.4, -0.2) is 28.0 Å². The molecule has 1 aliphatic heterocycles. The third-order valence-electron chi connectivity index (χ3n) is 5.37. The zero-order chi connectivity index (χ0) is 21.9. The van der Waals surface area contributed by atoms with Crippen molar-refractivity contribution in [2.75, 3.05) is 17.7 Å². The Kier molecular flexibility index (Phi) is 5.69. The van der Waals surface area contributed by atoms with Crippen molar-refractivity contribution in [3.63, 3.8) is 0 Å². The summed E-state index contributed by atoms with van der Waals surface area (Å²) in [6.07, 6.45) is 0. The lowest BCUT2D eigenvalue weighted by Crippen LogP contribution is -2.15. The van der Waals surface area contributed by atoms with Gasteiger partial charge in [0.2, 0.25) is 5.91 Å². The van der Waals surface area contributed by atoms with Gasteiger partial charge in [-0.05, 0) is 25.1 Å². The molecule has 1 aromatic heterocycles. The van der Waals surface area contributed by atoms with E-state index in [4.69, 9.17) is 9.84 Å². The Morgan fingerprint density at radius 1 is 1.00 bits per heavy atom. The van der Waals surface area contributed by atoms with Gasteiger partial charge in [0.1, 0.15) is 11.6 Å². The maximum atomic E-state index is 12.8. The van der Waals surface area contributed by atoms with Crippen LogP contribution in [0.25, 0.3) is 16.9 Å². The molecule has 160 valence electrons. The first-order valence-electron chi connectivity index (χ1n) is 10.6. The molecule has 32 heavy (non-hydrogen) atoms. The van der Waals surface area contributed by atoms with Crippen LogP contribution in [0.2, 0.25) is 0 Å². The molecule has 0 spiro atoms. The second-order valence-electron chi connectivity index (χ2n) is 7.43. The summed E-state index contributed by atoms with van der Waals surface area (Å²) in [5.41, 5.74) is 4.80. The number of carbonyl (C=O) groups excluding carboxylic acids is 1. The van der Waals surface area contributed by atoms with Gasteiger partial charge in [0.15, 0.2) is 0 Å². The fourth-order valence-electron chi connectivity index (χ4n) is 4.00. The van der Waals surface area contributed by atoms with Crippen LogP contribution in [0.5, 0.6) is 5.75 Å². The van der Waals surface area contributed by atoms with Crippen LogP contribution in [0.3, 0.4) is 0 Å². The largest absolute Gasteiger partial charge is 0.494 e. The van der Waals surface area contributed by atoms with E-state index in [2.05, 4.69) is 23.5 Å². The van der Waals surface area contributed by atoms with E-state index in [0.29, 0.717) is 18.2 Å². The molecule has 6 heteroatoms. The molecule has 0 aliphatic carbocycles.